The predicted molar refractivity (Wildman–Crippen MR) is 90.7 cm³/mol. The fourth-order valence-electron chi connectivity index (χ4n) is 4.40. The van der Waals surface area contributed by atoms with Crippen LogP contribution in [0.3, 0.4) is 0 Å². The van der Waals surface area contributed by atoms with Crippen molar-refractivity contribution in [3.8, 4) is 0 Å². The Morgan fingerprint density at radius 2 is 1.38 bits per heavy atom. The Labute approximate surface area is 135 Å². The van der Waals surface area contributed by atoms with Crippen molar-refractivity contribution in [2.75, 3.05) is 5.75 Å². The van der Waals surface area contributed by atoms with Crippen molar-refractivity contribution in [2.24, 2.45) is 5.41 Å². The maximum atomic E-state index is 13.0. The molecule has 3 saturated carbocycles. The standard InChI is InChI=1S/C18H31NOS/c20-17(13-18(14-21)11-12-18)19(15-7-3-1-4-8-15)16-9-5-2-6-10-16/h15-16,21H,1-14H2. The Balaban J connectivity index is 1.69. The maximum absolute atomic E-state index is 13.0. The number of carbonyl (C=O) groups excluding carboxylic acids is 1. The quantitative estimate of drug-likeness (QED) is 0.737. The van der Waals surface area contributed by atoms with Gasteiger partial charge in [-0.25, -0.2) is 0 Å². The van der Waals surface area contributed by atoms with Crippen LogP contribution in [-0.2, 0) is 4.79 Å². The number of carbonyl (C=O) groups is 1. The smallest absolute Gasteiger partial charge is 0.223 e. The summed E-state index contributed by atoms with van der Waals surface area (Å²) in [6, 6.07) is 1.09. The molecule has 0 atom stereocenters. The molecule has 0 unspecified atom stereocenters. The molecule has 0 aromatic rings. The molecule has 3 rings (SSSR count). The van der Waals surface area contributed by atoms with Gasteiger partial charge in [-0.05, 0) is 49.7 Å². The zero-order chi connectivity index (χ0) is 14.7. The zero-order valence-corrected chi connectivity index (χ0v) is 14.3. The van der Waals surface area contributed by atoms with Crippen molar-refractivity contribution in [1.82, 2.24) is 4.90 Å². The number of rotatable bonds is 5. The molecule has 3 fully saturated rings. The summed E-state index contributed by atoms with van der Waals surface area (Å²) in [4.78, 5) is 15.4. The first-order valence-electron chi connectivity index (χ1n) is 9.16. The second-order valence-electron chi connectivity index (χ2n) is 7.72. The highest BCUT2D eigenvalue weighted by Crippen LogP contribution is 2.50. The van der Waals surface area contributed by atoms with Crippen LogP contribution in [0.4, 0.5) is 0 Å². The van der Waals surface area contributed by atoms with E-state index < -0.39 is 0 Å². The molecule has 0 spiro atoms. The van der Waals surface area contributed by atoms with Gasteiger partial charge in [0, 0.05) is 18.5 Å². The summed E-state index contributed by atoms with van der Waals surface area (Å²) < 4.78 is 0. The van der Waals surface area contributed by atoms with Crippen molar-refractivity contribution in [3.05, 3.63) is 0 Å². The van der Waals surface area contributed by atoms with Crippen molar-refractivity contribution in [3.63, 3.8) is 0 Å². The van der Waals surface area contributed by atoms with Gasteiger partial charge in [-0.1, -0.05) is 38.5 Å². The minimum absolute atomic E-state index is 0.266. The molecule has 0 radical (unpaired) electrons. The van der Waals surface area contributed by atoms with Crippen LogP contribution in [0.1, 0.15) is 83.5 Å². The first-order chi connectivity index (χ1) is 10.2. The predicted octanol–water partition coefficient (Wildman–Crippen LogP) is 4.58. The lowest BCUT2D eigenvalue weighted by Gasteiger charge is -2.42. The van der Waals surface area contributed by atoms with E-state index in [4.69, 9.17) is 0 Å². The Bertz CT molecular complexity index is 336. The van der Waals surface area contributed by atoms with Gasteiger partial charge in [0.05, 0.1) is 0 Å². The zero-order valence-electron chi connectivity index (χ0n) is 13.4. The van der Waals surface area contributed by atoms with Crippen LogP contribution in [0, 0.1) is 5.41 Å². The molecule has 0 aromatic carbocycles. The number of hydrogen-bond acceptors (Lipinski definition) is 2. The summed E-state index contributed by atoms with van der Waals surface area (Å²) in [5, 5.41) is 0. The van der Waals surface area contributed by atoms with Crippen LogP contribution in [0.2, 0.25) is 0 Å². The minimum Gasteiger partial charge on any atom is -0.337 e. The van der Waals surface area contributed by atoms with E-state index in [1.807, 2.05) is 0 Å². The lowest BCUT2D eigenvalue weighted by Crippen LogP contribution is -2.49. The molecule has 0 bridgehead atoms. The van der Waals surface area contributed by atoms with Crippen molar-refractivity contribution in [1.29, 1.82) is 0 Å². The van der Waals surface area contributed by atoms with E-state index in [1.165, 1.54) is 77.0 Å². The molecule has 120 valence electrons. The molecular weight excluding hydrogens is 278 g/mol. The average molecular weight is 310 g/mol. The van der Waals surface area contributed by atoms with Crippen molar-refractivity contribution < 1.29 is 4.79 Å². The van der Waals surface area contributed by atoms with E-state index in [-0.39, 0.29) is 5.41 Å². The highest BCUT2D eigenvalue weighted by atomic mass is 32.1. The Hall–Kier alpha value is -0.180. The normalized spacial score (nSPS) is 26.5. The van der Waals surface area contributed by atoms with Crippen LogP contribution >= 0.6 is 12.6 Å². The first-order valence-corrected chi connectivity index (χ1v) is 9.79. The van der Waals surface area contributed by atoms with Gasteiger partial charge in [-0.15, -0.1) is 0 Å². The third-order valence-electron chi connectivity index (χ3n) is 6.04. The molecule has 0 N–H and O–H groups in total. The topological polar surface area (TPSA) is 20.3 Å². The van der Waals surface area contributed by atoms with E-state index >= 15 is 0 Å². The second-order valence-corrected chi connectivity index (χ2v) is 8.04. The molecule has 3 aliphatic carbocycles. The Morgan fingerprint density at radius 3 is 1.76 bits per heavy atom. The Morgan fingerprint density at radius 1 is 0.905 bits per heavy atom. The fourth-order valence-corrected chi connectivity index (χ4v) is 4.83. The SMILES string of the molecule is O=C(CC1(CS)CC1)N(C1CCCCC1)C1CCCCC1. The molecule has 1 amide bonds. The second kappa shape index (κ2) is 6.93. The molecule has 0 aromatic heterocycles. The molecule has 0 aliphatic heterocycles. The molecule has 2 nitrogen and oxygen atoms in total. The summed E-state index contributed by atoms with van der Waals surface area (Å²) in [6.07, 6.45) is 16.2. The van der Waals surface area contributed by atoms with Gasteiger partial charge in [0.25, 0.3) is 0 Å². The van der Waals surface area contributed by atoms with Crippen molar-refractivity contribution in [2.45, 2.75) is 95.6 Å². The van der Waals surface area contributed by atoms with Crippen LogP contribution in [0.25, 0.3) is 0 Å². The first kappa shape index (κ1) is 15.7. The van der Waals surface area contributed by atoms with E-state index in [0.717, 1.165) is 12.2 Å². The lowest BCUT2D eigenvalue weighted by atomic mass is 9.87. The molecule has 21 heavy (non-hydrogen) atoms. The van der Waals surface area contributed by atoms with E-state index in [0.29, 0.717) is 18.0 Å². The molecular formula is C18H31NOS. The Kier molecular flexibility index (Phi) is 5.19. The van der Waals surface area contributed by atoms with Crippen LogP contribution in [0.15, 0.2) is 0 Å². The van der Waals surface area contributed by atoms with Crippen LogP contribution < -0.4 is 0 Å². The number of amides is 1. The molecule has 3 heteroatoms. The van der Waals surface area contributed by atoms with Gasteiger partial charge < -0.3 is 4.90 Å². The van der Waals surface area contributed by atoms with Gasteiger partial charge in [-0.3, -0.25) is 4.79 Å². The summed E-state index contributed by atoms with van der Waals surface area (Å²) in [5.41, 5.74) is 0.266. The molecule has 0 heterocycles. The third-order valence-corrected chi connectivity index (χ3v) is 6.71. The number of thiol groups is 1. The van der Waals surface area contributed by atoms with Gasteiger partial charge in [0.1, 0.15) is 0 Å². The van der Waals surface area contributed by atoms with E-state index in [9.17, 15) is 4.79 Å². The van der Waals surface area contributed by atoms with Gasteiger partial charge in [-0.2, -0.15) is 12.6 Å². The monoisotopic (exact) mass is 309 g/mol. The lowest BCUT2D eigenvalue weighted by molar-refractivity contribution is -0.139. The van der Waals surface area contributed by atoms with E-state index in [2.05, 4.69) is 17.5 Å². The fraction of sp³-hybridized carbons (Fsp3) is 0.944. The number of hydrogen-bond donors (Lipinski definition) is 1. The van der Waals surface area contributed by atoms with Crippen molar-refractivity contribution >= 4 is 18.5 Å². The van der Waals surface area contributed by atoms with Crippen LogP contribution in [0.5, 0.6) is 0 Å². The van der Waals surface area contributed by atoms with Crippen LogP contribution in [-0.4, -0.2) is 28.6 Å². The largest absolute Gasteiger partial charge is 0.337 e. The minimum atomic E-state index is 0.266. The number of nitrogens with zero attached hydrogens (tertiary/aromatic N) is 1. The van der Waals surface area contributed by atoms with Gasteiger partial charge in [0.15, 0.2) is 0 Å². The maximum Gasteiger partial charge on any atom is 0.223 e. The summed E-state index contributed by atoms with van der Waals surface area (Å²) >= 11 is 4.49. The van der Waals surface area contributed by atoms with E-state index in [1.54, 1.807) is 0 Å². The van der Waals surface area contributed by atoms with Gasteiger partial charge >= 0.3 is 0 Å². The highest BCUT2D eigenvalue weighted by molar-refractivity contribution is 7.80. The summed E-state index contributed by atoms with van der Waals surface area (Å²) in [7, 11) is 0. The third kappa shape index (κ3) is 3.78. The summed E-state index contributed by atoms with van der Waals surface area (Å²) in [5.74, 6) is 1.35. The average Bonchev–Trinajstić information content (AvgIpc) is 3.30. The van der Waals surface area contributed by atoms with Gasteiger partial charge in [0.2, 0.25) is 5.91 Å². The highest BCUT2D eigenvalue weighted by Gasteiger charge is 2.45. The summed E-state index contributed by atoms with van der Waals surface area (Å²) in [6.45, 7) is 0. The molecule has 0 saturated heterocycles. The molecule has 3 aliphatic rings.